The Balaban J connectivity index is 1.52. The van der Waals surface area contributed by atoms with E-state index in [0.29, 0.717) is 43.9 Å². The van der Waals surface area contributed by atoms with Crippen LogP contribution in [0.25, 0.3) is 0 Å². The lowest BCUT2D eigenvalue weighted by atomic mass is 9.98. The van der Waals surface area contributed by atoms with Crippen molar-refractivity contribution in [2.75, 3.05) is 29.4 Å². The lowest BCUT2D eigenvalue weighted by Gasteiger charge is -2.35. The van der Waals surface area contributed by atoms with E-state index in [4.69, 9.17) is 4.74 Å². The Labute approximate surface area is 193 Å². The third-order valence-corrected chi connectivity index (χ3v) is 7.83. The zero-order valence-electron chi connectivity index (χ0n) is 18.2. The fourth-order valence-electron chi connectivity index (χ4n) is 4.20. The molecule has 2 heterocycles. The van der Waals surface area contributed by atoms with Crippen LogP contribution in [-0.2, 0) is 24.3 Å². The van der Waals surface area contributed by atoms with Gasteiger partial charge in [0.15, 0.2) is 0 Å². The molecule has 0 bridgehead atoms. The van der Waals surface area contributed by atoms with Gasteiger partial charge in [-0.05, 0) is 61.2 Å². The third kappa shape index (κ3) is 4.94. The molecule has 174 valence electrons. The largest absolute Gasteiger partial charge is 0.381 e. The molecule has 1 saturated heterocycles. The van der Waals surface area contributed by atoms with Gasteiger partial charge >= 0.3 is 0 Å². The first kappa shape index (κ1) is 23.0. The number of rotatable bonds is 6. The van der Waals surface area contributed by atoms with Crippen LogP contribution in [-0.4, -0.2) is 40.0 Å². The fourth-order valence-corrected chi connectivity index (χ4v) is 5.71. The zero-order chi connectivity index (χ0) is 23.4. The van der Waals surface area contributed by atoms with Crippen molar-refractivity contribution in [3.63, 3.8) is 0 Å². The van der Waals surface area contributed by atoms with Gasteiger partial charge in [-0.3, -0.25) is 13.9 Å². The molecule has 2 aromatic carbocycles. The number of amides is 2. The van der Waals surface area contributed by atoms with Gasteiger partial charge in [-0.15, -0.1) is 0 Å². The summed E-state index contributed by atoms with van der Waals surface area (Å²) in [7, 11) is -3.83. The molecule has 1 atom stereocenters. The van der Waals surface area contributed by atoms with Crippen molar-refractivity contribution >= 4 is 33.2 Å². The molecule has 2 aliphatic heterocycles. The average molecular weight is 470 g/mol. The number of anilines is 2. The minimum atomic E-state index is -3.83. The molecule has 9 heteroatoms. The first-order valence-corrected chi connectivity index (χ1v) is 12.4. The van der Waals surface area contributed by atoms with Crippen LogP contribution in [0.4, 0.5) is 11.4 Å². The summed E-state index contributed by atoms with van der Waals surface area (Å²) in [4.78, 5) is 24.4. The Hall–Kier alpha value is -3.17. The van der Waals surface area contributed by atoms with E-state index in [2.05, 4.69) is 17.2 Å². The standard InChI is InChI=1S/C24H27N3O5S/c1-2-23(28)26-21-11-14-27(22-6-4-3-5-20(21)22)33(30,31)19-9-7-18(8-10-19)25-24(29)17-12-15-32-16-13-17/h2-10,17,21H,1,11-16H2,(H,25,29)(H,26,28). The number of carbonyl (C=O) groups is 2. The molecule has 33 heavy (non-hydrogen) atoms. The average Bonchev–Trinajstić information content (AvgIpc) is 2.85. The van der Waals surface area contributed by atoms with Crippen molar-refractivity contribution in [1.29, 1.82) is 0 Å². The second-order valence-electron chi connectivity index (χ2n) is 8.09. The van der Waals surface area contributed by atoms with Gasteiger partial charge in [-0.1, -0.05) is 24.8 Å². The molecule has 4 rings (SSSR count). The summed E-state index contributed by atoms with van der Waals surface area (Å²) in [6.45, 7) is 4.85. The van der Waals surface area contributed by atoms with Crippen LogP contribution in [0.1, 0.15) is 30.9 Å². The molecule has 1 fully saturated rings. The Kier molecular flexibility index (Phi) is 6.80. The summed E-state index contributed by atoms with van der Waals surface area (Å²) >= 11 is 0. The second kappa shape index (κ2) is 9.76. The number of benzene rings is 2. The van der Waals surface area contributed by atoms with E-state index in [1.165, 1.54) is 22.5 Å². The van der Waals surface area contributed by atoms with Crippen molar-refractivity contribution in [3.05, 3.63) is 66.7 Å². The summed E-state index contributed by atoms with van der Waals surface area (Å²) < 4.78 is 33.5. The highest BCUT2D eigenvalue weighted by atomic mass is 32.2. The topological polar surface area (TPSA) is 105 Å². The SMILES string of the molecule is C=CC(=O)NC1CCN(S(=O)(=O)c2ccc(NC(=O)C3CCOCC3)cc2)c2ccccc21. The molecule has 0 saturated carbocycles. The Morgan fingerprint density at radius 3 is 2.42 bits per heavy atom. The van der Waals surface area contributed by atoms with Gasteiger partial charge in [0.25, 0.3) is 10.0 Å². The number of para-hydroxylation sites is 1. The summed E-state index contributed by atoms with van der Waals surface area (Å²) in [6, 6.07) is 13.1. The minimum absolute atomic E-state index is 0.0773. The fraction of sp³-hybridized carbons (Fsp3) is 0.333. The molecule has 1 unspecified atom stereocenters. The van der Waals surface area contributed by atoms with E-state index in [1.807, 2.05) is 12.1 Å². The molecule has 2 aliphatic rings. The maximum Gasteiger partial charge on any atom is 0.264 e. The van der Waals surface area contributed by atoms with E-state index >= 15 is 0 Å². The molecule has 0 aliphatic carbocycles. The maximum absolute atomic E-state index is 13.4. The van der Waals surface area contributed by atoms with E-state index < -0.39 is 10.0 Å². The van der Waals surface area contributed by atoms with Gasteiger partial charge < -0.3 is 15.4 Å². The van der Waals surface area contributed by atoms with Crippen LogP contribution in [0.2, 0.25) is 0 Å². The van der Waals surface area contributed by atoms with Crippen LogP contribution in [0, 0.1) is 5.92 Å². The zero-order valence-corrected chi connectivity index (χ0v) is 19.0. The summed E-state index contributed by atoms with van der Waals surface area (Å²) in [5, 5.41) is 5.73. The molecule has 0 spiro atoms. The van der Waals surface area contributed by atoms with Gasteiger partial charge in [0.05, 0.1) is 16.6 Å². The summed E-state index contributed by atoms with van der Waals surface area (Å²) in [6.07, 6.45) is 3.00. The third-order valence-electron chi connectivity index (χ3n) is 6.01. The molecule has 8 nitrogen and oxygen atoms in total. The van der Waals surface area contributed by atoms with E-state index in [9.17, 15) is 18.0 Å². The summed E-state index contributed by atoms with van der Waals surface area (Å²) in [5.41, 5.74) is 1.83. The van der Waals surface area contributed by atoms with Gasteiger partial charge in [0.1, 0.15) is 0 Å². The van der Waals surface area contributed by atoms with E-state index in [0.717, 1.165) is 5.56 Å². The number of hydrogen-bond donors (Lipinski definition) is 2. The number of ether oxygens (including phenoxy) is 1. The van der Waals surface area contributed by atoms with Gasteiger partial charge in [-0.2, -0.15) is 0 Å². The second-order valence-corrected chi connectivity index (χ2v) is 9.95. The number of nitrogens with zero attached hydrogens (tertiary/aromatic N) is 1. The van der Waals surface area contributed by atoms with Crippen LogP contribution in [0.5, 0.6) is 0 Å². The lowest BCUT2D eigenvalue weighted by molar-refractivity contribution is -0.122. The van der Waals surface area contributed by atoms with E-state index in [1.54, 1.807) is 24.3 Å². The van der Waals surface area contributed by atoms with Gasteiger partial charge in [-0.25, -0.2) is 8.42 Å². The molecule has 2 amide bonds. The number of sulfonamides is 1. The number of carbonyl (C=O) groups excluding carboxylic acids is 2. The van der Waals surface area contributed by atoms with Crippen LogP contribution < -0.4 is 14.9 Å². The van der Waals surface area contributed by atoms with Crippen molar-refractivity contribution in [2.24, 2.45) is 5.92 Å². The number of fused-ring (bicyclic) bond motifs is 1. The Bertz CT molecular complexity index is 1140. The highest BCUT2D eigenvalue weighted by molar-refractivity contribution is 7.92. The molecular formula is C24H27N3O5S. The van der Waals surface area contributed by atoms with Crippen LogP contribution >= 0.6 is 0 Å². The highest BCUT2D eigenvalue weighted by Crippen LogP contribution is 2.37. The Morgan fingerprint density at radius 1 is 1.03 bits per heavy atom. The molecule has 2 aromatic rings. The molecule has 0 radical (unpaired) electrons. The van der Waals surface area contributed by atoms with Gasteiger partial charge in [0, 0.05) is 31.4 Å². The lowest BCUT2D eigenvalue weighted by Crippen LogP contribution is -2.40. The van der Waals surface area contributed by atoms with Crippen molar-refractivity contribution in [1.82, 2.24) is 5.32 Å². The monoisotopic (exact) mass is 469 g/mol. The maximum atomic E-state index is 13.4. The van der Waals surface area contributed by atoms with Gasteiger partial charge in [0.2, 0.25) is 11.8 Å². The first-order chi connectivity index (χ1) is 15.9. The normalized spacial score (nSPS) is 18.8. The Morgan fingerprint density at radius 2 is 1.73 bits per heavy atom. The smallest absolute Gasteiger partial charge is 0.264 e. The predicted octanol–water partition coefficient (Wildman–Crippen LogP) is 2.99. The quantitative estimate of drug-likeness (QED) is 0.633. The predicted molar refractivity (Wildman–Crippen MR) is 125 cm³/mol. The minimum Gasteiger partial charge on any atom is -0.381 e. The first-order valence-electron chi connectivity index (χ1n) is 10.9. The number of nitrogens with one attached hydrogen (secondary N) is 2. The van der Waals surface area contributed by atoms with Crippen molar-refractivity contribution < 1.29 is 22.7 Å². The molecule has 2 N–H and O–H groups in total. The molecule has 0 aromatic heterocycles. The molecular weight excluding hydrogens is 442 g/mol. The highest BCUT2D eigenvalue weighted by Gasteiger charge is 2.33. The van der Waals surface area contributed by atoms with E-state index in [-0.39, 0.29) is 35.2 Å². The van der Waals surface area contributed by atoms with Crippen LogP contribution in [0.15, 0.2) is 66.1 Å². The van der Waals surface area contributed by atoms with Crippen molar-refractivity contribution in [3.8, 4) is 0 Å². The number of hydrogen-bond acceptors (Lipinski definition) is 5. The van der Waals surface area contributed by atoms with Crippen molar-refractivity contribution in [2.45, 2.75) is 30.2 Å². The summed E-state index contributed by atoms with van der Waals surface area (Å²) in [5.74, 6) is -0.475. The van der Waals surface area contributed by atoms with Crippen LogP contribution in [0.3, 0.4) is 0 Å².